The lowest BCUT2D eigenvalue weighted by Crippen LogP contribution is -2.48. The molecule has 4 aliphatic carbocycles. The normalized spacial score (nSPS) is 34.5. The molecular weight excluding hydrogens is 280 g/mol. The maximum atomic E-state index is 6.30. The van der Waals surface area contributed by atoms with Crippen molar-refractivity contribution >= 4 is 0 Å². The molecule has 0 heterocycles. The van der Waals surface area contributed by atoms with Crippen LogP contribution in [0.25, 0.3) is 0 Å². The topological polar surface area (TPSA) is 9.23 Å². The van der Waals surface area contributed by atoms with Gasteiger partial charge in [-0.05, 0) is 79.9 Å². The maximum absolute atomic E-state index is 6.30. The molecule has 0 unspecified atom stereocenters. The highest BCUT2D eigenvalue weighted by Crippen LogP contribution is 2.61. The first-order chi connectivity index (χ1) is 11.3. The van der Waals surface area contributed by atoms with E-state index in [1.54, 1.807) is 0 Å². The van der Waals surface area contributed by atoms with E-state index in [-0.39, 0.29) is 0 Å². The molecule has 1 heteroatoms. The van der Waals surface area contributed by atoms with Crippen LogP contribution in [0.4, 0.5) is 0 Å². The van der Waals surface area contributed by atoms with Crippen molar-refractivity contribution in [2.45, 2.75) is 43.9 Å². The molecule has 2 aromatic carbocycles. The van der Waals surface area contributed by atoms with Gasteiger partial charge in [0.1, 0.15) is 11.5 Å². The van der Waals surface area contributed by atoms with Crippen LogP contribution >= 0.6 is 0 Å². The second-order valence-corrected chi connectivity index (χ2v) is 8.11. The number of para-hydroxylation sites is 2. The van der Waals surface area contributed by atoms with Crippen molar-refractivity contribution in [1.29, 1.82) is 0 Å². The van der Waals surface area contributed by atoms with Gasteiger partial charge in [-0.2, -0.15) is 0 Å². The summed E-state index contributed by atoms with van der Waals surface area (Å²) in [7, 11) is 0. The highest BCUT2D eigenvalue weighted by Gasteiger charge is 2.52. The molecular formula is C22H24O. The Morgan fingerprint density at radius 3 is 1.91 bits per heavy atom. The molecule has 118 valence electrons. The van der Waals surface area contributed by atoms with Crippen LogP contribution in [0.5, 0.6) is 11.5 Å². The summed E-state index contributed by atoms with van der Waals surface area (Å²) in [5.74, 6) is 4.92. The second-order valence-electron chi connectivity index (χ2n) is 8.11. The first-order valence-electron chi connectivity index (χ1n) is 9.13. The predicted octanol–water partition coefficient (Wildman–Crippen LogP) is 5.95. The monoisotopic (exact) mass is 304 g/mol. The van der Waals surface area contributed by atoms with E-state index in [1.807, 2.05) is 18.2 Å². The Kier molecular flexibility index (Phi) is 3.04. The van der Waals surface area contributed by atoms with Gasteiger partial charge in [-0.3, -0.25) is 0 Å². The van der Waals surface area contributed by atoms with Gasteiger partial charge in [0.25, 0.3) is 0 Å². The van der Waals surface area contributed by atoms with Crippen LogP contribution < -0.4 is 4.74 Å². The fourth-order valence-corrected chi connectivity index (χ4v) is 6.05. The summed E-state index contributed by atoms with van der Waals surface area (Å²) in [6.07, 6.45) is 8.61. The van der Waals surface area contributed by atoms with E-state index in [4.69, 9.17) is 4.74 Å². The molecule has 4 fully saturated rings. The molecule has 0 amide bonds. The molecule has 6 rings (SSSR count). The van der Waals surface area contributed by atoms with Gasteiger partial charge >= 0.3 is 0 Å². The summed E-state index contributed by atoms with van der Waals surface area (Å²) < 4.78 is 6.30. The largest absolute Gasteiger partial charge is 0.457 e. The summed E-state index contributed by atoms with van der Waals surface area (Å²) in [6.45, 7) is 0. The minimum atomic E-state index is 0.389. The van der Waals surface area contributed by atoms with E-state index in [9.17, 15) is 0 Å². The van der Waals surface area contributed by atoms with Crippen molar-refractivity contribution in [3.8, 4) is 11.5 Å². The standard InChI is InChI=1S/C22H24O/c1-2-6-19(7-3-1)23-21-9-5-4-8-20(21)22-13-16-10-17(14-22)12-18(11-16)15-22/h1-9,16-18H,10-15H2. The molecule has 1 nitrogen and oxygen atoms in total. The molecule has 4 saturated carbocycles. The lowest BCUT2D eigenvalue weighted by molar-refractivity contribution is -0.00598. The minimum absolute atomic E-state index is 0.389. The van der Waals surface area contributed by atoms with Crippen LogP contribution in [-0.2, 0) is 5.41 Å². The molecule has 0 aromatic heterocycles. The first-order valence-corrected chi connectivity index (χ1v) is 9.13. The van der Waals surface area contributed by atoms with Gasteiger partial charge in [-0.15, -0.1) is 0 Å². The SMILES string of the molecule is c1ccc(Oc2ccccc2C23CC4CC(CC(C4)C2)C3)cc1. The number of benzene rings is 2. The third-order valence-electron chi connectivity index (χ3n) is 6.47. The molecule has 0 atom stereocenters. The van der Waals surface area contributed by atoms with E-state index >= 15 is 0 Å². The summed E-state index contributed by atoms with van der Waals surface area (Å²) in [5, 5.41) is 0. The Labute approximate surface area is 138 Å². The molecule has 4 aliphatic rings. The summed E-state index contributed by atoms with van der Waals surface area (Å²) in [4.78, 5) is 0. The van der Waals surface area contributed by atoms with Crippen LogP contribution in [0.1, 0.15) is 44.1 Å². The number of hydrogen-bond acceptors (Lipinski definition) is 1. The highest BCUT2D eigenvalue weighted by molar-refractivity contribution is 5.44. The van der Waals surface area contributed by atoms with Gasteiger partial charge in [0.15, 0.2) is 0 Å². The fourth-order valence-electron chi connectivity index (χ4n) is 6.05. The third-order valence-corrected chi connectivity index (χ3v) is 6.47. The zero-order chi connectivity index (χ0) is 15.3. The summed E-state index contributed by atoms with van der Waals surface area (Å²) in [6, 6.07) is 19.1. The van der Waals surface area contributed by atoms with Crippen LogP contribution in [0, 0.1) is 17.8 Å². The average molecular weight is 304 g/mol. The zero-order valence-electron chi connectivity index (χ0n) is 13.6. The van der Waals surface area contributed by atoms with Gasteiger partial charge in [0, 0.05) is 5.56 Å². The summed E-state index contributed by atoms with van der Waals surface area (Å²) >= 11 is 0. The Bertz CT molecular complexity index is 668. The Hall–Kier alpha value is -1.76. The molecule has 23 heavy (non-hydrogen) atoms. The number of rotatable bonds is 3. The summed E-state index contributed by atoms with van der Waals surface area (Å²) in [5.41, 5.74) is 1.86. The van der Waals surface area contributed by atoms with E-state index in [0.29, 0.717) is 5.41 Å². The van der Waals surface area contributed by atoms with Crippen molar-refractivity contribution < 1.29 is 4.74 Å². The lowest BCUT2D eigenvalue weighted by Gasteiger charge is -2.57. The fraction of sp³-hybridized carbons (Fsp3) is 0.455. The van der Waals surface area contributed by atoms with Crippen LogP contribution in [-0.4, -0.2) is 0 Å². The van der Waals surface area contributed by atoms with E-state index in [1.165, 1.54) is 44.1 Å². The van der Waals surface area contributed by atoms with Crippen molar-refractivity contribution in [3.63, 3.8) is 0 Å². The predicted molar refractivity (Wildman–Crippen MR) is 92.8 cm³/mol. The quantitative estimate of drug-likeness (QED) is 0.681. The van der Waals surface area contributed by atoms with Gasteiger partial charge in [-0.25, -0.2) is 0 Å². The molecule has 0 radical (unpaired) electrons. The molecule has 2 aromatic rings. The lowest BCUT2D eigenvalue weighted by atomic mass is 9.48. The molecule has 0 spiro atoms. The molecule has 4 bridgehead atoms. The molecule has 0 aliphatic heterocycles. The van der Waals surface area contributed by atoms with E-state index < -0.39 is 0 Å². The Morgan fingerprint density at radius 2 is 1.26 bits per heavy atom. The highest BCUT2D eigenvalue weighted by atomic mass is 16.5. The average Bonchev–Trinajstić information content (AvgIpc) is 2.55. The second kappa shape index (κ2) is 5.12. The van der Waals surface area contributed by atoms with Crippen molar-refractivity contribution in [1.82, 2.24) is 0 Å². The number of ether oxygens (including phenoxy) is 1. The van der Waals surface area contributed by atoms with Gasteiger partial charge < -0.3 is 4.74 Å². The van der Waals surface area contributed by atoms with Gasteiger partial charge in [0.05, 0.1) is 0 Å². The van der Waals surface area contributed by atoms with Gasteiger partial charge in [-0.1, -0.05) is 36.4 Å². The van der Waals surface area contributed by atoms with E-state index in [2.05, 4.69) is 36.4 Å². The van der Waals surface area contributed by atoms with E-state index in [0.717, 1.165) is 29.3 Å². The van der Waals surface area contributed by atoms with Gasteiger partial charge in [0.2, 0.25) is 0 Å². The maximum Gasteiger partial charge on any atom is 0.131 e. The Morgan fingerprint density at radius 1 is 0.696 bits per heavy atom. The van der Waals surface area contributed by atoms with Crippen molar-refractivity contribution in [3.05, 3.63) is 60.2 Å². The van der Waals surface area contributed by atoms with Crippen molar-refractivity contribution in [2.24, 2.45) is 17.8 Å². The first kappa shape index (κ1) is 13.7. The zero-order valence-corrected chi connectivity index (χ0v) is 13.6. The van der Waals surface area contributed by atoms with Crippen molar-refractivity contribution in [2.75, 3.05) is 0 Å². The molecule has 0 N–H and O–H groups in total. The third kappa shape index (κ3) is 2.29. The smallest absolute Gasteiger partial charge is 0.131 e. The minimum Gasteiger partial charge on any atom is -0.457 e. The van der Waals surface area contributed by atoms with Crippen LogP contribution in [0.2, 0.25) is 0 Å². The molecule has 0 saturated heterocycles. The van der Waals surface area contributed by atoms with Crippen LogP contribution in [0.3, 0.4) is 0 Å². The Balaban J connectivity index is 1.54. The number of hydrogen-bond donors (Lipinski definition) is 0. The van der Waals surface area contributed by atoms with Crippen LogP contribution in [0.15, 0.2) is 54.6 Å².